The summed E-state index contributed by atoms with van der Waals surface area (Å²) in [6.45, 7) is 7.60. The molecule has 1 aromatic heterocycles. The lowest BCUT2D eigenvalue weighted by atomic mass is 10.1. The van der Waals surface area contributed by atoms with E-state index in [1.54, 1.807) is 36.5 Å². The van der Waals surface area contributed by atoms with E-state index in [9.17, 15) is 9.59 Å². The molecular weight excluding hydrogens is 388 g/mol. The first-order chi connectivity index (χ1) is 13.7. The third-order valence-corrected chi connectivity index (χ3v) is 4.88. The Bertz CT molecular complexity index is 854. The molecule has 3 rings (SSSR count). The van der Waals surface area contributed by atoms with E-state index in [0.717, 1.165) is 31.7 Å². The molecule has 0 unspecified atom stereocenters. The van der Waals surface area contributed by atoms with E-state index in [2.05, 4.69) is 15.2 Å². The van der Waals surface area contributed by atoms with Crippen LogP contribution in [0.15, 0.2) is 42.6 Å². The average Bonchev–Trinajstić information content (AvgIpc) is 3.20. The van der Waals surface area contributed by atoms with Crippen LogP contribution in [0, 0.1) is 0 Å². The maximum atomic E-state index is 13.2. The molecule has 1 aliphatic heterocycles. The van der Waals surface area contributed by atoms with E-state index in [1.165, 1.54) is 4.90 Å². The zero-order chi connectivity index (χ0) is 21.0. The number of halogens is 1. The summed E-state index contributed by atoms with van der Waals surface area (Å²) in [5.41, 5.74) is 0.656. The quantitative estimate of drug-likeness (QED) is 0.805. The lowest BCUT2D eigenvalue weighted by Gasteiger charge is -2.26. The number of benzene rings is 1. The second kappa shape index (κ2) is 8.82. The van der Waals surface area contributed by atoms with Gasteiger partial charge in [0, 0.05) is 35.5 Å². The molecule has 2 aromatic rings. The van der Waals surface area contributed by atoms with Gasteiger partial charge in [-0.05, 0) is 70.0 Å². The van der Waals surface area contributed by atoms with Crippen molar-refractivity contribution < 1.29 is 9.59 Å². The summed E-state index contributed by atoms with van der Waals surface area (Å²) in [6, 6.07) is 10.5. The number of nitrogens with one attached hydrogen (secondary N) is 1. The van der Waals surface area contributed by atoms with Crippen molar-refractivity contribution >= 4 is 34.9 Å². The molecule has 7 heteroatoms. The van der Waals surface area contributed by atoms with Crippen molar-refractivity contribution in [1.82, 2.24) is 10.3 Å². The molecule has 0 radical (unpaired) electrons. The van der Waals surface area contributed by atoms with Gasteiger partial charge in [-0.3, -0.25) is 14.5 Å². The summed E-state index contributed by atoms with van der Waals surface area (Å²) in [7, 11) is 0. The molecule has 1 saturated heterocycles. The van der Waals surface area contributed by atoms with Gasteiger partial charge in [-0.15, -0.1) is 0 Å². The lowest BCUT2D eigenvalue weighted by molar-refractivity contribution is -0.121. The molecular formula is C22H27ClN4O2. The highest BCUT2D eigenvalue weighted by Crippen LogP contribution is 2.22. The molecule has 2 heterocycles. The summed E-state index contributed by atoms with van der Waals surface area (Å²) in [5, 5.41) is 3.47. The molecule has 1 aliphatic rings. The maximum Gasteiger partial charge on any atom is 0.260 e. The van der Waals surface area contributed by atoms with Gasteiger partial charge in [0.2, 0.25) is 5.91 Å². The molecule has 0 bridgehead atoms. The molecule has 154 valence electrons. The van der Waals surface area contributed by atoms with E-state index >= 15 is 0 Å². The van der Waals surface area contributed by atoms with Crippen LogP contribution in [0.2, 0.25) is 5.02 Å². The minimum Gasteiger partial charge on any atom is -0.357 e. The van der Waals surface area contributed by atoms with Gasteiger partial charge in [-0.25, -0.2) is 4.98 Å². The first-order valence-corrected chi connectivity index (χ1v) is 10.2. The molecule has 6 nitrogen and oxygen atoms in total. The molecule has 0 spiro atoms. The van der Waals surface area contributed by atoms with E-state index in [-0.39, 0.29) is 23.9 Å². The molecule has 1 N–H and O–H groups in total. The van der Waals surface area contributed by atoms with Crippen molar-refractivity contribution in [2.45, 2.75) is 39.2 Å². The van der Waals surface area contributed by atoms with Crippen LogP contribution >= 0.6 is 11.6 Å². The Morgan fingerprint density at radius 3 is 2.31 bits per heavy atom. The normalized spacial score (nSPS) is 14.0. The van der Waals surface area contributed by atoms with Crippen LogP contribution in [-0.2, 0) is 4.79 Å². The van der Waals surface area contributed by atoms with Crippen molar-refractivity contribution in [2.24, 2.45) is 0 Å². The second-order valence-corrected chi connectivity index (χ2v) is 8.70. The van der Waals surface area contributed by atoms with E-state index in [4.69, 9.17) is 11.6 Å². The topological polar surface area (TPSA) is 65.5 Å². The number of nitrogens with zero attached hydrogens (tertiary/aromatic N) is 3. The highest BCUT2D eigenvalue weighted by molar-refractivity contribution is 6.30. The van der Waals surface area contributed by atoms with Crippen LogP contribution in [0.4, 0.5) is 11.5 Å². The van der Waals surface area contributed by atoms with E-state index < -0.39 is 0 Å². The Labute approximate surface area is 176 Å². The van der Waals surface area contributed by atoms with Crippen molar-refractivity contribution in [1.29, 1.82) is 0 Å². The van der Waals surface area contributed by atoms with E-state index in [1.807, 2.05) is 26.8 Å². The number of amides is 2. The standard InChI is InChI=1S/C22H27ClN4O2/c1-22(2,3)25-20(28)15-27(18-9-7-17(23)8-10-18)21(29)16-6-11-19(24-14-16)26-12-4-5-13-26/h6-11,14H,4-5,12-13,15H2,1-3H3,(H,25,28). The fourth-order valence-electron chi connectivity index (χ4n) is 3.30. The number of aromatic nitrogens is 1. The first kappa shape index (κ1) is 21.1. The van der Waals surface area contributed by atoms with Crippen LogP contribution in [-0.4, -0.2) is 42.0 Å². The fourth-order valence-corrected chi connectivity index (χ4v) is 3.43. The second-order valence-electron chi connectivity index (χ2n) is 8.27. The van der Waals surface area contributed by atoms with Gasteiger partial charge in [0.15, 0.2) is 0 Å². The number of hydrogen-bond donors (Lipinski definition) is 1. The van der Waals surface area contributed by atoms with Crippen molar-refractivity contribution in [2.75, 3.05) is 29.4 Å². The van der Waals surface area contributed by atoms with Crippen molar-refractivity contribution in [3.63, 3.8) is 0 Å². The predicted molar refractivity (Wildman–Crippen MR) is 117 cm³/mol. The van der Waals surface area contributed by atoms with Crippen molar-refractivity contribution in [3.05, 3.63) is 53.2 Å². The van der Waals surface area contributed by atoms with Crippen LogP contribution < -0.4 is 15.1 Å². The molecule has 29 heavy (non-hydrogen) atoms. The molecule has 0 atom stereocenters. The van der Waals surface area contributed by atoms with Crippen LogP contribution in [0.25, 0.3) is 0 Å². The van der Waals surface area contributed by atoms with Gasteiger partial charge in [0.05, 0.1) is 5.56 Å². The van der Waals surface area contributed by atoms with Gasteiger partial charge in [0.1, 0.15) is 12.4 Å². The van der Waals surface area contributed by atoms with Gasteiger partial charge >= 0.3 is 0 Å². The molecule has 1 fully saturated rings. The number of hydrogen-bond acceptors (Lipinski definition) is 4. The zero-order valence-corrected chi connectivity index (χ0v) is 17.9. The largest absolute Gasteiger partial charge is 0.357 e. The van der Waals surface area contributed by atoms with Gasteiger partial charge in [-0.2, -0.15) is 0 Å². The third kappa shape index (κ3) is 5.70. The Kier molecular flexibility index (Phi) is 6.42. The van der Waals surface area contributed by atoms with E-state index in [0.29, 0.717) is 16.3 Å². The number of pyridine rings is 1. The Morgan fingerprint density at radius 1 is 1.10 bits per heavy atom. The summed E-state index contributed by atoms with van der Waals surface area (Å²) in [4.78, 5) is 33.9. The fraction of sp³-hybridized carbons (Fsp3) is 0.409. The summed E-state index contributed by atoms with van der Waals surface area (Å²) in [5.74, 6) is 0.363. The summed E-state index contributed by atoms with van der Waals surface area (Å²) in [6.07, 6.45) is 3.91. The summed E-state index contributed by atoms with van der Waals surface area (Å²) >= 11 is 5.99. The number of carbonyl (C=O) groups is 2. The summed E-state index contributed by atoms with van der Waals surface area (Å²) < 4.78 is 0. The van der Waals surface area contributed by atoms with Crippen molar-refractivity contribution in [3.8, 4) is 0 Å². The third-order valence-electron chi connectivity index (χ3n) is 4.62. The van der Waals surface area contributed by atoms with Crippen LogP contribution in [0.5, 0.6) is 0 Å². The number of carbonyl (C=O) groups excluding carboxylic acids is 2. The van der Waals surface area contributed by atoms with Gasteiger partial charge in [-0.1, -0.05) is 11.6 Å². The average molecular weight is 415 g/mol. The molecule has 0 aliphatic carbocycles. The minimum absolute atomic E-state index is 0.0917. The highest BCUT2D eigenvalue weighted by Gasteiger charge is 2.24. The van der Waals surface area contributed by atoms with Crippen LogP contribution in [0.3, 0.4) is 0 Å². The number of rotatable bonds is 5. The van der Waals surface area contributed by atoms with Gasteiger partial charge < -0.3 is 10.2 Å². The SMILES string of the molecule is CC(C)(C)NC(=O)CN(C(=O)c1ccc(N2CCCC2)nc1)c1ccc(Cl)cc1. The Hall–Kier alpha value is -2.60. The maximum absolute atomic E-state index is 13.2. The smallest absolute Gasteiger partial charge is 0.260 e. The highest BCUT2D eigenvalue weighted by atomic mass is 35.5. The lowest BCUT2D eigenvalue weighted by Crippen LogP contribution is -2.47. The Balaban J connectivity index is 1.83. The first-order valence-electron chi connectivity index (χ1n) is 9.82. The molecule has 0 saturated carbocycles. The van der Waals surface area contributed by atoms with Gasteiger partial charge in [0.25, 0.3) is 5.91 Å². The molecule has 1 aromatic carbocycles. The Morgan fingerprint density at radius 2 is 1.76 bits per heavy atom. The van der Waals surface area contributed by atoms with Crippen LogP contribution in [0.1, 0.15) is 44.0 Å². The molecule has 2 amide bonds. The zero-order valence-electron chi connectivity index (χ0n) is 17.1. The predicted octanol–water partition coefficient (Wildman–Crippen LogP) is 3.90. The number of anilines is 2. The monoisotopic (exact) mass is 414 g/mol. The minimum atomic E-state index is -0.384.